The van der Waals surface area contributed by atoms with Crippen molar-refractivity contribution in [2.75, 3.05) is 0 Å². The van der Waals surface area contributed by atoms with E-state index in [1.165, 1.54) is 12.1 Å². The number of sulfonamides is 1. The number of aryl methyl sites for hydroxylation is 1. The van der Waals surface area contributed by atoms with Gasteiger partial charge in [-0.1, -0.05) is 17.7 Å². The molecule has 0 saturated carbocycles. The predicted octanol–water partition coefficient (Wildman–Crippen LogP) is 1.23. The Balaban J connectivity index is 0. The second kappa shape index (κ2) is 5.18. The van der Waals surface area contributed by atoms with Crippen molar-refractivity contribution in [2.24, 2.45) is 5.14 Å². The molecule has 0 aliphatic heterocycles. The standard InChI is InChI=1S/C7H9NO2S.ClH.H3N/c1-6-2-4-7(5-3-6)11(8,9)10;;/h2-5H,1H3,(H2,8,9,10);1H;1H3. The Kier molecular flexibility index (Phi) is 5.93. The second-order valence-corrected chi connectivity index (χ2v) is 3.92. The van der Waals surface area contributed by atoms with Crippen LogP contribution in [0.5, 0.6) is 0 Å². The number of rotatable bonds is 1. The van der Waals surface area contributed by atoms with Crippen molar-refractivity contribution < 1.29 is 8.42 Å². The van der Waals surface area contributed by atoms with Gasteiger partial charge in [-0.15, -0.1) is 12.4 Å². The average molecular weight is 225 g/mol. The number of hydrogen-bond acceptors (Lipinski definition) is 3. The summed E-state index contributed by atoms with van der Waals surface area (Å²) in [6, 6.07) is 6.40. The fourth-order valence-electron chi connectivity index (χ4n) is 0.728. The lowest BCUT2D eigenvalue weighted by Gasteiger charge is -1.96. The number of primary sulfonamides is 1. The highest BCUT2D eigenvalue weighted by Crippen LogP contribution is 2.06. The molecule has 0 bridgehead atoms. The number of halogens is 1. The van der Waals surface area contributed by atoms with E-state index >= 15 is 0 Å². The van der Waals surface area contributed by atoms with Gasteiger partial charge >= 0.3 is 0 Å². The molecule has 1 aromatic rings. The fourth-order valence-corrected chi connectivity index (χ4v) is 1.24. The molecule has 0 fully saturated rings. The predicted molar refractivity (Wildman–Crippen MR) is 54.8 cm³/mol. The largest absolute Gasteiger partial charge is 0.344 e. The molecule has 4 nitrogen and oxygen atoms in total. The van der Waals surface area contributed by atoms with Gasteiger partial charge in [0.15, 0.2) is 0 Å². The molecule has 0 unspecified atom stereocenters. The van der Waals surface area contributed by atoms with E-state index in [1.807, 2.05) is 6.92 Å². The number of nitrogens with two attached hydrogens (primary N) is 1. The zero-order valence-electron chi connectivity index (χ0n) is 7.23. The fraction of sp³-hybridized carbons (Fsp3) is 0.143. The minimum absolute atomic E-state index is 0. The van der Waals surface area contributed by atoms with Crippen molar-refractivity contribution in [2.45, 2.75) is 11.8 Å². The zero-order valence-corrected chi connectivity index (χ0v) is 8.86. The molecule has 5 N–H and O–H groups in total. The molecular weight excluding hydrogens is 212 g/mol. The van der Waals surface area contributed by atoms with Crippen molar-refractivity contribution in [1.29, 1.82) is 0 Å². The highest BCUT2D eigenvalue weighted by molar-refractivity contribution is 7.89. The summed E-state index contributed by atoms with van der Waals surface area (Å²) in [5, 5.41) is 4.88. The summed E-state index contributed by atoms with van der Waals surface area (Å²) in [4.78, 5) is 0.156. The lowest BCUT2D eigenvalue weighted by Crippen LogP contribution is -2.11. The molecule has 6 heteroatoms. The molecule has 1 aromatic carbocycles. The van der Waals surface area contributed by atoms with Gasteiger partial charge in [-0.05, 0) is 19.1 Å². The first kappa shape index (κ1) is 14.9. The third-order valence-corrected chi connectivity index (χ3v) is 2.28. The van der Waals surface area contributed by atoms with Crippen LogP contribution in [-0.4, -0.2) is 8.42 Å². The van der Waals surface area contributed by atoms with E-state index in [1.54, 1.807) is 12.1 Å². The van der Waals surface area contributed by atoms with Crippen LogP contribution in [0.4, 0.5) is 0 Å². The van der Waals surface area contributed by atoms with E-state index in [9.17, 15) is 8.42 Å². The highest BCUT2D eigenvalue weighted by Gasteiger charge is 2.04. The van der Waals surface area contributed by atoms with Crippen LogP contribution in [0, 0.1) is 6.92 Å². The maximum atomic E-state index is 10.7. The van der Waals surface area contributed by atoms with E-state index in [4.69, 9.17) is 5.14 Å². The van der Waals surface area contributed by atoms with Crippen molar-refractivity contribution in [3.63, 3.8) is 0 Å². The van der Waals surface area contributed by atoms with Gasteiger partial charge in [0.25, 0.3) is 0 Å². The molecule has 76 valence electrons. The summed E-state index contributed by atoms with van der Waals surface area (Å²) in [5.41, 5.74) is 1.01. The molecule has 0 radical (unpaired) electrons. The van der Waals surface area contributed by atoms with Crippen LogP contribution in [0.3, 0.4) is 0 Å². The minimum atomic E-state index is -3.52. The number of hydrogen-bond donors (Lipinski definition) is 2. The summed E-state index contributed by atoms with van der Waals surface area (Å²) >= 11 is 0. The monoisotopic (exact) mass is 224 g/mol. The van der Waals surface area contributed by atoms with Crippen molar-refractivity contribution in [1.82, 2.24) is 6.15 Å². The maximum Gasteiger partial charge on any atom is 0.238 e. The van der Waals surface area contributed by atoms with Crippen LogP contribution in [-0.2, 0) is 10.0 Å². The van der Waals surface area contributed by atoms with Crippen LogP contribution < -0.4 is 11.3 Å². The van der Waals surface area contributed by atoms with Gasteiger partial charge in [-0.3, -0.25) is 0 Å². The van der Waals surface area contributed by atoms with E-state index < -0.39 is 10.0 Å². The normalized spacial score (nSPS) is 9.69. The zero-order chi connectivity index (χ0) is 8.48. The topological polar surface area (TPSA) is 95.2 Å². The summed E-state index contributed by atoms with van der Waals surface area (Å²) < 4.78 is 21.4. The lowest BCUT2D eigenvalue weighted by atomic mass is 10.2. The molecule has 0 atom stereocenters. The third-order valence-electron chi connectivity index (χ3n) is 1.35. The maximum absolute atomic E-state index is 10.7. The van der Waals surface area contributed by atoms with Crippen LogP contribution in [0.2, 0.25) is 0 Å². The quantitative estimate of drug-likeness (QED) is 0.751. The average Bonchev–Trinajstić information content (AvgIpc) is 1.86. The Bertz CT molecular complexity index is 347. The van der Waals surface area contributed by atoms with Gasteiger partial charge in [0.2, 0.25) is 10.0 Å². The van der Waals surface area contributed by atoms with Gasteiger partial charge in [-0.25, -0.2) is 13.6 Å². The molecule has 0 aromatic heterocycles. The first-order valence-electron chi connectivity index (χ1n) is 3.09. The Morgan fingerprint density at radius 3 is 1.85 bits per heavy atom. The molecule has 0 aliphatic carbocycles. The van der Waals surface area contributed by atoms with Gasteiger partial charge in [0.05, 0.1) is 4.90 Å². The molecule has 0 saturated heterocycles. The van der Waals surface area contributed by atoms with Crippen molar-refractivity contribution in [3.8, 4) is 0 Å². The molecule has 0 spiro atoms. The summed E-state index contributed by atoms with van der Waals surface area (Å²) in [7, 11) is -3.52. The van der Waals surface area contributed by atoms with Crippen LogP contribution >= 0.6 is 12.4 Å². The Morgan fingerprint density at radius 2 is 1.54 bits per heavy atom. The molecule has 0 aliphatic rings. The summed E-state index contributed by atoms with van der Waals surface area (Å²) in [6.07, 6.45) is 0. The van der Waals surface area contributed by atoms with Gasteiger partial charge in [0, 0.05) is 0 Å². The van der Waals surface area contributed by atoms with E-state index in [-0.39, 0.29) is 23.5 Å². The van der Waals surface area contributed by atoms with Crippen molar-refractivity contribution in [3.05, 3.63) is 29.8 Å². The molecule has 0 amide bonds. The Labute approximate surface area is 84.2 Å². The first-order valence-corrected chi connectivity index (χ1v) is 4.64. The molecule has 0 heterocycles. The highest BCUT2D eigenvalue weighted by atomic mass is 35.5. The SMILES string of the molecule is Cc1ccc(S(N)(=O)=O)cc1.Cl.N. The minimum Gasteiger partial charge on any atom is -0.344 e. The smallest absolute Gasteiger partial charge is 0.238 e. The molecular formula is C7H13ClN2O2S. The molecule has 13 heavy (non-hydrogen) atoms. The Hall–Kier alpha value is -0.620. The Morgan fingerprint density at radius 1 is 1.15 bits per heavy atom. The second-order valence-electron chi connectivity index (χ2n) is 2.36. The van der Waals surface area contributed by atoms with Gasteiger partial charge in [-0.2, -0.15) is 0 Å². The van der Waals surface area contributed by atoms with Crippen LogP contribution in [0.1, 0.15) is 5.56 Å². The summed E-state index contributed by atoms with van der Waals surface area (Å²) in [6.45, 7) is 1.88. The third kappa shape index (κ3) is 4.23. The van der Waals surface area contributed by atoms with Gasteiger partial charge < -0.3 is 6.15 Å². The van der Waals surface area contributed by atoms with E-state index in [2.05, 4.69) is 0 Å². The van der Waals surface area contributed by atoms with Gasteiger partial charge in [0.1, 0.15) is 0 Å². The number of benzene rings is 1. The van der Waals surface area contributed by atoms with Crippen LogP contribution in [0.15, 0.2) is 29.2 Å². The van der Waals surface area contributed by atoms with Crippen molar-refractivity contribution >= 4 is 22.4 Å². The first-order chi connectivity index (χ1) is 5.00. The van der Waals surface area contributed by atoms with Crippen LogP contribution in [0.25, 0.3) is 0 Å². The molecule has 1 rings (SSSR count). The van der Waals surface area contributed by atoms with E-state index in [0.29, 0.717) is 0 Å². The van der Waals surface area contributed by atoms with E-state index in [0.717, 1.165) is 5.56 Å². The lowest BCUT2D eigenvalue weighted by molar-refractivity contribution is 0.598. The summed E-state index contributed by atoms with van der Waals surface area (Å²) in [5.74, 6) is 0.